The number of pyridine rings is 1. The molecule has 54 valence electrons. The van der Waals surface area contributed by atoms with Crippen molar-refractivity contribution in [2.24, 2.45) is 0 Å². The molecule has 1 heterocycles. The molecule has 0 bridgehead atoms. The van der Waals surface area contributed by atoms with E-state index in [1.54, 1.807) is 0 Å². The summed E-state index contributed by atoms with van der Waals surface area (Å²) in [6.45, 7) is -2.81. The first-order valence-electron chi connectivity index (χ1n) is 5.08. The Balaban J connectivity index is 3.27. The van der Waals surface area contributed by atoms with Gasteiger partial charge in [0.25, 0.3) is 0 Å². The van der Waals surface area contributed by atoms with Crippen LogP contribution in [0.5, 0.6) is 0 Å². The molecular formula is C7H9ClN2. The van der Waals surface area contributed by atoms with Gasteiger partial charge in [0.2, 0.25) is 0 Å². The summed E-state index contributed by atoms with van der Waals surface area (Å²) in [5.74, 6) is 0. The lowest BCUT2D eigenvalue weighted by Crippen LogP contribution is -1.91. The van der Waals surface area contributed by atoms with E-state index < -0.39 is 13.2 Å². The minimum absolute atomic E-state index is 0.0295. The standard InChI is InChI=1S/C7H9ClN2/c1-2-6-3-5(9)4-7(8)10-6/h3-4H,2H2,1H3,(H2,9,10)/i1D3,2D2. The molecule has 0 aromatic carbocycles. The highest BCUT2D eigenvalue weighted by molar-refractivity contribution is 6.29. The Hall–Kier alpha value is -0.760. The molecule has 0 radical (unpaired) electrons. The Bertz CT molecular complexity index is 356. The van der Waals surface area contributed by atoms with Crippen LogP contribution in [0.2, 0.25) is 5.15 Å². The summed E-state index contributed by atoms with van der Waals surface area (Å²) >= 11 is 5.56. The zero-order valence-electron chi connectivity index (χ0n) is 10.1. The molecule has 0 spiro atoms. The summed E-state index contributed by atoms with van der Waals surface area (Å²) in [6, 6.07) is 2.49. The minimum Gasteiger partial charge on any atom is -0.399 e. The fraction of sp³-hybridized carbons (Fsp3) is 0.286. The van der Waals surface area contributed by atoms with Crippen molar-refractivity contribution in [1.29, 1.82) is 0 Å². The van der Waals surface area contributed by atoms with E-state index in [2.05, 4.69) is 4.98 Å². The SMILES string of the molecule is [2H]C([2H])([2H])C([2H])([2H])c1cc(N)cc(Cl)n1. The van der Waals surface area contributed by atoms with Gasteiger partial charge in [-0.05, 0) is 18.5 Å². The van der Waals surface area contributed by atoms with Crippen LogP contribution in [0.25, 0.3) is 0 Å². The molecular weight excluding hydrogens is 148 g/mol. The molecule has 2 nitrogen and oxygen atoms in total. The van der Waals surface area contributed by atoms with Gasteiger partial charge in [-0.2, -0.15) is 0 Å². The second-order valence-electron chi connectivity index (χ2n) is 1.73. The van der Waals surface area contributed by atoms with Gasteiger partial charge < -0.3 is 5.73 Å². The molecule has 0 aliphatic rings. The van der Waals surface area contributed by atoms with Crippen molar-refractivity contribution >= 4 is 17.3 Å². The van der Waals surface area contributed by atoms with Gasteiger partial charge >= 0.3 is 0 Å². The Morgan fingerprint density at radius 3 is 3.30 bits per heavy atom. The second kappa shape index (κ2) is 2.88. The first kappa shape index (κ1) is 3.09. The molecule has 1 rings (SSSR count). The predicted octanol–water partition coefficient (Wildman–Crippen LogP) is 1.88. The quantitative estimate of drug-likeness (QED) is 0.639. The molecule has 2 N–H and O–H groups in total. The Morgan fingerprint density at radius 2 is 2.70 bits per heavy atom. The van der Waals surface area contributed by atoms with Gasteiger partial charge in [-0.25, -0.2) is 4.98 Å². The van der Waals surface area contributed by atoms with Crippen LogP contribution in [-0.2, 0) is 6.37 Å². The fourth-order valence-corrected chi connectivity index (χ4v) is 0.798. The van der Waals surface area contributed by atoms with E-state index in [1.807, 2.05) is 0 Å². The molecule has 0 aliphatic heterocycles. The van der Waals surface area contributed by atoms with Gasteiger partial charge in [0.1, 0.15) is 5.15 Å². The van der Waals surface area contributed by atoms with E-state index in [-0.39, 0.29) is 16.5 Å². The van der Waals surface area contributed by atoms with Gasteiger partial charge in [-0.15, -0.1) is 0 Å². The fourth-order valence-electron chi connectivity index (χ4n) is 0.581. The first-order valence-corrected chi connectivity index (χ1v) is 2.96. The molecule has 0 aliphatic carbocycles. The number of rotatable bonds is 1. The smallest absolute Gasteiger partial charge is 0.131 e. The van der Waals surface area contributed by atoms with Crippen LogP contribution in [0.15, 0.2) is 12.1 Å². The molecule has 1 aromatic rings. The normalized spacial score (nSPS) is 19.9. The van der Waals surface area contributed by atoms with Gasteiger partial charge in [-0.1, -0.05) is 18.5 Å². The van der Waals surface area contributed by atoms with Crippen molar-refractivity contribution in [2.45, 2.75) is 13.2 Å². The Kier molecular flexibility index (Phi) is 0.892. The Morgan fingerprint density at radius 1 is 1.90 bits per heavy atom. The van der Waals surface area contributed by atoms with E-state index in [0.29, 0.717) is 0 Å². The highest BCUT2D eigenvalue weighted by Crippen LogP contribution is 2.11. The lowest BCUT2D eigenvalue weighted by Gasteiger charge is -1.97. The lowest BCUT2D eigenvalue weighted by atomic mass is 10.3. The van der Waals surface area contributed by atoms with Crippen molar-refractivity contribution in [3.05, 3.63) is 23.0 Å². The zero-order valence-corrected chi connectivity index (χ0v) is 5.81. The highest BCUT2D eigenvalue weighted by atomic mass is 35.5. The van der Waals surface area contributed by atoms with E-state index in [9.17, 15) is 0 Å². The number of hydrogen-bond donors (Lipinski definition) is 1. The number of hydrogen-bond acceptors (Lipinski definition) is 2. The number of aryl methyl sites for hydroxylation is 1. The van der Waals surface area contributed by atoms with Crippen molar-refractivity contribution in [2.75, 3.05) is 5.73 Å². The topological polar surface area (TPSA) is 38.9 Å². The third-order valence-corrected chi connectivity index (χ3v) is 1.14. The maximum absolute atomic E-state index is 7.44. The van der Waals surface area contributed by atoms with Crippen LogP contribution >= 0.6 is 11.6 Å². The largest absolute Gasteiger partial charge is 0.399 e. The van der Waals surface area contributed by atoms with Crippen LogP contribution in [0.4, 0.5) is 5.69 Å². The molecule has 0 fully saturated rings. The lowest BCUT2D eigenvalue weighted by molar-refractivity contribution is 1.04. The zero-order chi connectivity index (χ0) is 11.9. The van der Waals surface area contributed by atoms with E-state index in [0.717, 1.165) is 6.07 Å². The summed E-state index contributed by atoms with van der Waals surface area (Å²) in [5, 5.41) is -0.0295. The number of aromatic nitrogens is 1. The molecule has 0 amide bonds. The first-order chi connectivity index (χ1) is 6.64. The van der Waals surface area contributed by atoms with Crippen LogP contribution in [0.3, 0.4) is 0 Å². The number of nitrogens with zero attached hydrogens (tertiary/aromatic N) is 1. The average Bonchev–Trinajstić information content (AvgIpc) is 1.99. The third kappa shape index (κ3) is 1.61. The monoisotopic (exact) mass is 161 g/mol. The maximum Gasteiger partial charge on any atom is 0.131 e. The van der Waals surface area contributed by atoms with Crippen LogP contribution in [-0.4, -0.2) is 4.98 Å². The summed E-state index contributed by atoms with van der Waals surface area (Å²) in [6.07, 6.45) is -2.56. The summed E-state index contributed by atoms with van der Waals surface area (Å²) in [5.41, 5.74) is 5.32. The molecule has 0 unspecified atom stereocenters. The van der Waals surface area contributed by atoms with Gasteiger partial charge in [0, 0.05) is 18.2 Å². The molecule has 0 saturated heterocycles. The molecule has 0 saturated carbocycles. The van der Waals surface area contributed by atoms with Crippen molar-refractivity contribution in [1.82, 2.24) is 4.98 Å². The number of halogens is 1. The van der Waals surface area contributed by atoms with Crippen LogP contribution < -0.4 is 5.73 Å². The second-order valence-corrected chi connectivity index (χ2v) is 2.12. The van der Waals surface area contributed by atoms with Gasteiger partial charge in [0.15, 0.2) is 0 Å². The van der Waals surface area contributed by atoms with E-state index in [4.69, 9.17) is 24.2 Å². The molecule has 0 atom stereocenters. The van der Waals surface area contributed by atoms with Crippen LogP contribution in [0, 0.1) is 0 Å². The summed E-state index contributed by atoms with van der Waals surface area (Å²) in [4.78, 5) is 3.62. The highest BCUT2D eigenvalue weighted by Gasteiger charge is 1.94. The van der Waals surface area contributed by atoms with Crippen molar-refractivity contribution in [3.8, 4) is 0 Å². The summed E-state index contributed by atoms with van der Waals surface area (Å²) in [7, 11) is 0. The van der Waals surface area contributed by atoms with Crippen molar-refractivity contribution < 1.29 is 6.85 Å². The molecule has 10 heavy (non-hydrogen) atoms. The minimum atomic E-state index is -2.81. The van der Waals surface area contributed by atoms with Crippen molar-refractivity contribution in [3.63, 3.8) is 0 Å². The summed E-state index contributed by atoms with van der Waals surface area (Å²) < 4.78 is 36.0. The predicted molar refractivity (Wildman–Crippen MR) is 43.0 cm³/mol. The third-order valence-electron chi connectivity index (χ3n) is 0.944. The van der Waals surface area contributed by atoms with E-state index >= 15 is 0 Å². The van der Waals surface area contributed by atoms with E-state index in [1.165, 1.54) is 6.07 Å². The molecule has 3 heteroatoms. The molecule has 1 aromatic heterocycles. The average molecular weight is 162 g/mol. The van der Waals surface area contributed by atoms with Gasteiger partial charge in [0.05, 0.1) is 0 Å². The maximum atomic E-state index is 7.44. The Labute approximate surface area is 72.0 Å². The van der Waals surface area contributed by atoms with Gasteiger partial charge in [-0.3, -0.25) is 0 Å². The number of nitrogen functional groups attached to an aromatic ring is 1. The van der Waals surface area contributed by atoms with Crippen LogP contribution in [0.1, 0.15) is 19.4 Å². The number of anilines is 1. The number of nitrogens with two attached hydrogens (primary N) is 1.